The van der Waals surface area contributed by atoms with Crippen molar-refractivity contribution in [2.45, 2.75) is 46.0 Å². The lowest BCUT2D eigenvalue weighted by Crippen LogP contribution is -2.19. The fourth-order valence-corrected chi connectivity index (χ4v) is 4.05. The highest BCUT2D eigenvalue weighted by Gasteiger charge is 2.15. The van der Waals surface area contributed by atoms with Crippen LogP contribution in [0.1, 0.15) is 60.0 Å². The Morgan fingerprint density at radius 1 is 1.06 bits per heavy atom. The molecule has 1 aromatic heterocycles. The van der Waals surface area contributed by atoms with E-state index in [0.29, 0.717) is 12.3 Å². The van der Waals surface area contributed by atoms with Crippen LogP contribution in [-0.2, 0) is 0 Å². The number of hydrogen-bond donors (Lipinski definition) is 1. The molecular weight excluding hydrogens is 406 g/mol. The van der Waals surface area contributed by atoms with Gasteiger partial charge in [0.1, 0.15) is 16.5 Å². The summed E-state index contributed by atoms with van der Waals surface area (Å²) in [7, 11) is 0. The fraction of sp³-hybridized carbons (Fsp3) is 0.320. The number of nitrogens with one attached hydrogen (secondary N) is 1. The van der Waals surface area contributed by atoms with Gasteiger partial charge in [-0.2, -0.15) is 5.10 Å². The van der Waals surface area contributed by atoms with E-state index in [9.17, 15) is 4.79 Å². The average molecular weight is 436 g/mol. The highest BCUT2D eigenvalue weighted by atomic mass is 32.1. The first-order chi connectivity index (χ1) is 15.2. The Morgan fingerprint density at radius 2 is 1.81 bits per heavy atom. The molecule has 0 aliphatic heterocycles. The predicted octanol–water partition coefficient (Wildman–Crippen LogP) is 6.23. The van der Waals surface area contributed by atoms with Gasteiger partial charge >= 0.3 is 0 Å². The zero-order valence-corrected chi connectivity index (χ0v) is 19.0. The molecule has 0 spiro atoms. The molecule has 0 unspecified atom stereocenters. The molecule has 3 aromatic rings. The number of ether oxygens (including phenoxy) is 1. The van der Waals surface area contributed by atoms with Gasteiger partial charge in [-0.15, -0.1) is 11.3 Å². The van der Waals surface area contributed by atoms with Gasteiger partial charge < -0.3 is 4.74 Å². The zero-order valence-electron chi connectivity index (χ0n) is 18.1. The van der Waals surface area contributed by atoms with Crippen molar-refractivity contribution in [2.75, 3.05) is 6.61 Å². The van der Waals surface area contributed by atoms with E-state index in [2.05, 4.69) is 22.4 Å². The number of hydrogen-bond acceptors (Lipinski definition) is 5. The van der Waals surface area contributed by atoms with Crippen LogP contribution in [0.4, 0.5) is 0 Å². The van der Waals surface area contributed by atoms with Crippen molar-refractivity contribution in [3.63, 3.8) is 0 Å². The van der Waals surface area contributed by atoms with Crippen LogP contribution in [0.2, 0.25) is 0 Å². The molecule has 2 aromatic carbocycles. The molecule has 1 N–H and O–H groups in total. The van der Waals surface area contributed by atoms with E-state index in [4.69, 9.17) is 4.74 Å². The highest BCUT2D eigenvalue weighted by Crippen LogP contribution is 2.27. The number of aryl methyl sites for hydroxylation is 1. The van der Waals surface area contributed by atoms with E-state index in [-0.39, 0.29) is 5.91 Å². The lowest BCUT2D eigenvalue weighted by atomic mass is 10.2. The maximum absolute atomic E-state index is 12.6. The molecule has 6 heteroatoms. The van der Waals surface area contributed by atoms with E-state index in [0.717, 1.165) is 33.2 Å². The summed E-state index contributed by atoms with van der Waals surface area (Å²) in [6, 6.07) is 17.6. The summed E-state index contributed by atoms with van der Waals surface area (Å²) in [4.78, 5) is 17.9. The van der Waals surface area contributed by atoms with Crippen molar-refractivity contribution in [1.82, 2.24) is 10.4 Å². The van der Waals surface area contributed by atoms with Gasteiger partial charge in [-0.25, -0.2) is 10.4 Å². The molecule has 1 amide bonds. The minimum absolute atomic E-state index is 0.318. The molecule has 0 radical (unpaired) electrons. The second-order valence-corrected chi connectivity index (χ2v) is 8.49. The molecule has 5 nitrogen and oxygen atoms in total. The summed E-state index contributed by atoms with van der Waals surface area (Å²) < 4.78 is 5.92. The van der Waals surface area contributed by atoms with Gasteiger partial charge in [0.2, 0.25) is 0 Å². The average Bonchev–Trinajstić information content (AvgIpc) is 3.19. The number of nitrogens with zero attached hydrogens (tertiary/aromatic N) is 2. The molecule has 0 saturated heterocycles. The second-order valence-electron chi connectivity index (χ2n) is 7.29. The summed E-state index contributed by atoms with van der Waals surface area (Å²) in [6.45, 7) is 4.79. The molecule has 31 heavy (non-hydrogen) atoms. The quantitative estimate of drug-likeness (QED) is 0.220. The topological polar surface area (TPSA) is 63.6 Å². The van der Waals surface area contributed by atoms with E-state index in [1.54, 1.807) is 6.21 Å². The lowest BCUT2D eigenvalue weighted by Gasteiger charge is -2.08. The summed E-state index contributed by atoms with van der Waals surface area (Å²) in [6.07, 6.45) is 7.59. The van der Waals surface area contributed by atoms with Gasteiger partial charge in [0, 0.05) is 16.0 Å². The zero-order chi connectivity index (χ0) is 21.9. The van der Waals surface area contributed by atoms with Crippen LogP contribution in [0.15, 0.2) is 59.7 Å². The largest absolute Gasteiger partial charge is 0.493 e. The van der Waals surface area contributed by atoms with Crippen LogP contribution in [0.25, 0.3) is 10.6 Å². The summed E-state index contributed by atoms with van der Waals surface area (Å²) >= 11 is 1.50. The van der Waals surface area contributed by atoms with Crippen LogP contribution >= 0.6 is 11.3 Å². The summed E-state index contributed by atoms with van der Waals surface area (Å²) in [5.74, 6) is 0.452. The first-order valence-electron chi connectivity index (χ1n) is 10.8. The molecule has 0 aliphatic carbocycles. The van der Waals surface area contributed by atoms with Gasteiger partial charge in [-0.3, -0.25) is 4.79 Å². The van der Waals surface area contributed by atoms with Crippen LogP contribution in [0.5, 0.6) is 5.75 Å². The first kappa shape index (κ1) is 22.7. The lowest BCUT2D eigenvalue weighted by molar-refractivity contribution is 0.0950. The minimum atomic E-state index is -0.318. The normalized spacial score (nSPS) is 11.0. The standard InChI is InChI=1S/C25H29N3O2S/c1-3-4-5-6-12-17-30-22-16-11-10-15-21(22)18-26-28-24(29)23-19(2)31-25(27-23)20-13-8-7-9-14-20/h7-11,13-16,18H,3-6,12,17H2,1-2H3,(H,28,29)/b26-18-. The van der Waals surface area contributed by atoms with Crippen molar-refractivity contribution in [1.29, 1.82) is 0 Å². The van der Waals surface area contributed by atoms with Gasteiger partial charge in [0.25, 0.3) is 5.91 Å². The third kappa shape index (κ3) is 6.76. The number of amides is 1. The molecular formula is C25H29N3O2S. The number of carbonyl (C=O) groups excluding carboxylic acids is 1. The van der Waals surface area contributed by atoms with Crippen molar-refractivity contribution in [2.24, 2.45) is 5.10 Å². The Bertz CT molecular complexity index is 999. The Hall–Kier alpha value is -2.99. The van der Waals surface area contributed by atoms with Gasteiger partial charge in [-0.1, -0.05) is 75.1 Å². The van der Waals surface area contributed by atoms with Crippen LogP contribution in [0, 0.1) is 6.92 Å². The van der Waals surface area contributed by atoms with Crippen molar-refractivity contribution < 1.29 is 9.53 Å². The smallest absolute Gasteiger partial charge is 0.291 e. The fourth-order valence-electron chi connectivity index (χ4n) is 3.13. The maximum Gasteiger partial charge on any atom is 0.291 e. The number of aromatic nitrogens is 1. The van der Waals surface area contributed by atoms with E-state index < -0.39 is 0 Å². The SMILES string of the molecule is CCCCCCCOc1ccccc1/C=N\NC(=O)c1nc(-c2ccccc2)sc1C. The van der Waals surface area contributed by atoms with Crippen LogP contribution in [0.3, 0.4) is 0 Å². The molecule has 162 valence electrons. The van der Waals surface area contributed by atoms with Crippen LogP contribution < -0.4 is 10.2 Å². The predicted molar refractivity (Wildman–Crippen MR) is 128 cm³/mol. The number of carbonyl (C=O) groups is 1. The Morgan fingerprint density at radius 3 is 2.61 bits per heavy atom. The maximum atomic E-state index is 12.6. The molecule has 0 bridgehead atoms. The van der Waals surface area contributed by atoms with Crippen molar-refractivity contribution in [3.05, 3.63) is 70.7 Å². The van der Waals surface area contributed by atoms with E-state index in [1.807, 2.05) is 61.5 Å². The van der Waals surface area contributed by atoms with Crippen molar-refractivity contribution in [3.8, 4) is 16.3 Å². The number of para-hydroxylation sites is 1. The first-order valence-corrected chi connectivity index (χ1v) is 11.6. The van der Waals surface area contributed by atoms with Crippen molar-refractivity contribution >= 4 is 23.5 Å². The molecule has 0 aliphatic rings. The third-order valence-electron chi connectivity index (χ3n) is 4.83. The second kappa shape index (κ2) is 12.0. The van der Waals surface area contributed by atoms with E-state index >= 15 is 0 Å². The highest BCUT2D eigenvalue weighted by molar-refractivity contribution is 7.15. The van der Waals surface area contributed by atoms with Gasteiger partial charge in [0.15, 0.2) is 0 Å². The van der Waals surface area contributed by atoms with E-state index in [1.165, 1.54) is 37.0 Å². The van der Waals surface area contributed by atoms with Gasteiger partial charge in [0.05, 0.1) is 12.8 Å². The number of unbranched alkanes of at least 4 members (excludes halogenated alkanes) is 4. The number of rotatable bonds is 11. The molecule has 3 rings (SSSR count). The monoisotopic (exact) mass is 435 g/mol. The number of benzene rings is 2. The minimum Gasteiger partial charge on any atom is -0.493 e. The Kier molecular flexibility index (Phi) is 8.79. The number of thiazole rings is 1. The summed E-state index contributed by atoms with van der Waals surface area (Å²) in [5, 5.41) is 4.95. The number of hydrazone groups is 1. The summed E-state index contributed by atoms with van der Waals surface area (Å²) in [5.41, 5.74) is 4.82. The third-order valence-corrected chi connectivity index (χ3v) is 5.85. The molecule has 0 atom stereocenters. The van der Waals surface area contributed by atoms with Gasteiger partial charge in [-0.05, 0) is 25.5 Å². The molecule has 0 saturated carbocycles. The Balaban J connectivity index is 1.57. The molecule has 0 fully saturated rings. The van der Waals surface area contributed by atoms with Crippen LogP contribution in [-0.4, -0.2) is 23.7 Å². The Labute approximate surface area is 188 Å². The molecule has 1 heterocycles.